The van der Waals surface area contributed by atoms with Crippen molar-refractivity contribution in [1.29, 1.82) is 0 Å². The van der Waals surface area contributed by atoms with E-state index in [-0.39, 0.29) is 21.9 Å². The number of aromatic amines is 1. The second-order valence-electron chi connectivity index (χ2n) is 18.3. The van der Waals surface area contributed by atoms with Crippen LogP contribution in [0.2, 0.25) is 5.02 Å². The fourth-order valence-corrected chi connectivity index (χ4v) is 9.80. The third-order valence-corrected chi connectivity index (χ3v) is 13.9. The molecule has 3 aromatic carbocycles. The van der Waals surface area contributed by atoms with Gasteiger partial charge in [-0.15, -0.1) is 0 Å². The number of nitrogens with zero attached hydrogens (tertiary/aromatic N) is 6. The summed E-state index contributed by atoms with van der Waals surface area (Å²) in [5.41, 5.74) is 6.97. The van der Waals surface area contributed by atoms with Crippen LogP contribution in [0.15, 0.2) is 95.7 Å². The van der Waals surface area contributed by atoms with Crippen LogP contribution in [0.25, 0.3) is 16.6 Å². The van der Waals surface area contributed by atoms with Crippen LogP contribution >= 0.6 is 23.5 Å². The third kappa shape index (κ3) is 11.4. The van der Waals surface area contributed by atoms with Gasteiger partial charge in [-0.3, -0.25) is 29.4 Å². The summed E-state index contributed by atoms with van der Waals surface area (Å²) in [6.07, 6.45) is 7.67. The van der Waals surface area contributed by atoms with E-state index in [2.05, 4.69) is 79.4 Å². The second-order valence-corrected chi connectivity index (χ2v) is 19.6. The maximum atomic E-state index is 13.9. The Labute approximate surface area is 385 Å². The van der Waals surface area contributed by atoms with Crippen LogP contribution in [0.3, 0.4) is 0 Å². The maximum Gasteiger partial charge on any atom is 0.293 e. The number of nitro groups is 1. The summed E-state index contributed by atoms with van der Waals surface area (Å²) in [5.74, 6) is 0.514. The number of piperazine rings is 2. The average molecular weight is 907 g/mol. The van der Waals surface area contributed by atoms with Gasteiger partial charge in [-0.05, 0) is 123 Å². The van der Waals surface area contributed by atoms with Crippen LogP contribution in [0.4, 0.5) is 17.1 Å². The van der Waals surface area contributed by atoms with E-state index in [9.17, 15) is 14.9 Å². The molecule has 2 saturated heterocycles. The number of halogens is 1. The number of ether oxygens (including phenoxy) is 1. The maximum absolute atomic E-state index is 13.9. The minimum atomic E-state index is -0.383. The van der Waals surface area contributed by atoms with Gasteiger partial charge in [0.1, 0.15) is 22.8 Å². The van der Waals surface area contributed by atoms with Crippen molar-refractivity contribution in [2.45, 2.75) is 64.3 Å². The number of nitrogens with one attached hydrogen (secondary N) is 3. The molecule has 3 N–H and O–H groups in total. The van der Waals surface area contributed by atoms with Crippen molar-refractivity contribution in [1.82, 2.24) is 29.4 Å². The number of allylic oxidation sites excluding steroid dienone is 1. The van der Waals surface area contributed by atoms with Crippen molar-refractivity contribution >= 4 is 63.1 Å². The molecule has 0 saturated carbocycles. The summed E-state index contributed by atoms with van der Waals surface area (Å²) in [6, 6.07) is 23.4. The second kappa shape index (κ2) is 20.4. The highest BCUT2D eigenvalue weighted by Crippen LogP contribution is 2.43. The molecule has 0 atom stereocenters. The Balaban J connectivity index is 0.921. The number of anilines is 2. The van der Waals surface area contributed by atoms with Crippen LogP contribution in [0.1, 0.15) is 69.3 Å². The fraction of sp³-hybridized carbons (Fsp3) is 0.429. The van der Waals surface area contributed by atoms with E-state index in [4.69, 9.17) is 16.3 Å². The van der Waals surface area contributed by atoms with Crippen molar-refractivity contribution in [2.24, 2.45) is 5.41 Å². The third-order valence-electron chi connectivity index (χ3n) is 12.9. The molecular formula is C49H60ClN9O4S. The molecular weight excluding hydrogens is 846 g/mol. The molecule has 1 amide bonds. The first-order valence-corrected chi connectivity index (χ1v) is 23.7. The van der Waals surface area contributed by atoms with Crippen molar-refractivity contribution < 1.29 is 14.5 Å². The monoisotopic (exact) mass is 905 g/mol. The number of rotatable bonds is 16. The first-order chi connectivity index (χ1) is 30.9. The number of carbonyl (C=O) groups is 1. The summed E-state index contributed by atoms with van der Waals surface area (Å²) in [4.78, 5) is 43.7. The van der Waals surface area contributed by atoms with E-state index in [0.29, 0.717) is 40.2 Å². The fourth-order valence-electron chi connectivity index (χ4n) is 9.04. The molecule has 0 bridgehead atoms. The van der Waals surface area contributed by atoms with Crippen molar-refractivity contribution in [3.63, 3.8) is 0 Å². The van der Waals surface area contributed by atoms with Gasteiger partial charge in [-0.1, -0.05) is 43.2 Å². The van der Waals surface area contributed by atoms with E-state index in [0.717, 1.165) is 118 Å². The van der Waals surface area contributed by atoms with Gasteiger partial charge in [0.25, 0.3) is 11.6 Å². The standard InChI is InChI=1S/C49H60ClN9O4S/c1-34(2)57-24-20-55(21-25-57)19-5-17-51-44-13-11-41(30-45(44)59(61)62)64-54-48(60)42-12-10-39(29-46(42)63-40-28-36-15-18-52-47(36)53-32-40)58-26-22-56(23-27-58)33-37-14-16-49(3,4)31-43(37)35-6-8-38(50)9-7-35/h6-13,15,18,28-30,32,34,51H,5,14,16-17,19-27,31,33H2,1-4H3,(H,52,53)(H,54,60). The molecule has 15 heteroatoms. The number of nitro benzene ring substituents is 1. The minimum Gasteiger partial charge on any atom is -0.455 e. The van der Waals surface area contributed by atoms with Gasteiger partial charge in [-0.25, -0.2) is 4.98 Å². The number of hydrogen-bond acceptors (Lipinski definition) is 11. The first-order valence-electron chi connectivity index (χ1n) is 22.5. The highest BCUT2D eigenvalue weighted by molar-refractivity contribution is 7.98. The predicted octanol–water partition coefficient (Wildman–Crippen LogP) is 9.97. The quantitative estimate of drug-likeness (QED) is 0.0378. The molecule has 5 aromatic rings. The molecule has 4 heterocycles. The normalized spacial score (nSPS) is 17.6. The lowest BCUT2D eigenvalue weighted by atomic mass is 9.72. The average Bonchev–Trinajstić information content (AvgIpc) is 3.76. The highest BCUT2D eigenvalue weighted by Gasteiger charge is 2.30. The summed E-state index contributed by atoms with van der Waals surface area (Å²) < 4.78 is 9.37. The van der Waals surface area contributed by atoms with Gasteiger partial charge in [0.05, 0.1) is 16.7 Å². The molecule has 2 aromatic heterocycles. The summed E-state index contributed by atoms with van der Waals surface area (Å²) in [7, 11) is 0. The zero-order chi connectivity index (χ0) is 44.8. The molecule has 0 radical (unpaired) electrons. The number of aromatic nitrogens is 2. The minimum absolute atomic E-state index is 0.0349. The molecule has 1 aliphatic carbocycles. The number of amides is 1. The lowest BCUT2D eigenvalue weighted by Crippen LogP contribution is -2.49. The molecule has 8 rings (SSSR count). The zero-order valence-electron chi connectivity index (χ0n) is 37.4. The van der Waals surface area contributed by atoms with Crippen LogP contribution in [0.5, 0.6) is 11.5 Å². The Hall–Kier alpha value is -5.12. The number of hydrogen-bond donors (Lipinski definition) is 3. The largest absolute Gasteiger partial charge is 0.455 e. The Kier molecular flexibility index (Phi) is 14.5. The molecule has 64 heavy (non-hydrogen) atoms. The number of pyridine rings is 1. The van der Waals surface area contributed by atoms with Gasteiger partial charge >= 0.3 is 0 Å². The smallest absolute Gasteiger partial charge is 0.293 e. The van der Waals surface area contributed by atoms with Crippen molar-refractivity contribution in [3.8, 4) is 11.5 Å². The van der Waals surface area contributed by atoms with Gasteiger partial charge in [0.2, 0.25) is 0 Å². The van der Waals surface area contributed by atoms with Gasteiger partial charge in [0, 0.05) is 111 Å². The van der Waals surface area contributed by atoms with Crippen LogP contribution in [-0.4, -0.2) is 114 Å². The summed E-state index contributed by atoms with van der Waals surface area (Å²) in [6.45, 7) is 19.4. The first kappa shape index (κ1) is 45.4. The number of benzene rings is 3. The Morgan fingerprint density at radius 2 is 1.73 bits per heavy atom. The van der Waals surface area contributed by atoms with E-state index in [1.807, 2.05) is 42.6 Å². The molecule has 2 fully saturated rings. The van der Waals surface area contributed by atoms with Gasteiger partial charge in [0.15, 0.2) is 0 Å². The van der Waals surface area contributed by atoms with Crippen LogP contribution < -0.4 is 19.7 Å². The highest BCUT2D eigenvalue weighted by atomic mass is 35.5. The number of fused-ring (bicyclic) bond motifs is 1. The Bertz CT molecular complexity index is 2460. The summed E-state index contributed by atoms with van der Waals surface area (Å²) in [5, 5.41) is 17.1. The van der Waals surface area contributed by atoms with Gasteiger partial charge < -0.3 is 24.8 Å². The Morgan fingerprint density at radius 1 is 0.969 bits per heavy atom. The number of H-pyrrole nitrogens is 1. The Morgan fingerprint density at radius 3 is 2.48 bits per heavy atom. The van der Waals surface area contributed by atoms with Crippen molar-refractivity contribution in [2.75, 3.05) is 82.2 Å². The van der Waals surface area contributed by atoms with Crippen LogP contribution in [0, 0.1) is 15.5 Å². The predicted molar refractivity (Wildman–Crippen MR) is 260 cm³/mol. The molecule has 13 nitrogen and oxygen atoms in total. The molecule has 2 aliphatic heterocycles. The number of carbonyl (C=O) groups excluding carboxylic acids is 1. The van der Waals surface area contributed by atoms with E-state index in [1.54, 1.807) is 24.4 Å². The van der Waals surface area contributed by atoms with E-state index < -0.39 is 0 Å². The van der Waals surface area contributed by atoms with Crippen molar-refractivity contribution in [3.05, 3.63) is 117 Å². The zero-order valence-corrected chi connectivity index (χ0v) is 38.9. The van der Waals surface area contributed by atoms with E-state index >= 15 is 0 Å². The van der Waals surface area contributed by atoms with Gasteiger partial charge in [-0.2, -0.15) is 0 Å². The lowest BCUT2D eigenvalue weighted by Gasteiger charge is -2.39. The van der Waals surface area contributed by atoms with E-state index in [1.165, 1.54) is 29.2 Å². The molecule has 338 valence electrons. The topological polar surface area (TPSA) is 135 Å². The summed E-state index contributed by atoms with van der Waals surface area (Å²) >= 11 is 7.30. The SMILES string of the molecule is CC(C)N1CCN(CCCNc2ccc(SNC(=O)c3ccc(N4CCN(CC5=C(c6ccc(Cl)cc6)CC(C)(C)CC5)CC4)cc3Oc3cnc4[nH]ccc4c3)cc2[N+](=O)[O-])CC1. The molecule has 0 spiro atoms. The lowest BCUT2D eigenvalue weighted by molar-refractivity contribution is -0.384. The molecule has 0 unspecified atom stereocenters. The molecule has 3 aliphatic rings. The van der Waals surface area contributed by atoms with Crippen LogP contribution in [-0.2, 0) is 0 Å².